The Morgan fingerprint density at radius 1 is 1.18 bits per heavy atom. The summed E-state index contributed by atoms with van der Waals surface area (Å²) in [5.74, 6) is -1.56. The second kappa shape index (κ2) is 9.55. The average Bonchev–Trinajstić information content (AvgIpc) is 3.13. The van der Waals surface area contributed by atoms with Gasteiger partial charge in [0.25, 0.3) is 0 Å². The van der Waals surface area contributed by atoms with Crippen LogP contribution in [0, 0.1) is 0 Å². The number of aliphatic carboxylic acids is 1. The lowest BCUT2D eigenvalue weighted by Gasteiger charge is -2.07. The fraction of sp³-hybridized carbons (Fsp3) is 0.217. The lowest BCUT2D eigenvalue weighted by atomic mass is 9.98. The number of hydrogen-bond donors (Lipinski definition) is 2. The van der Waals surface area contributed by atoms with E-state index in [0.29, 0.717) is 6.54 Å². The number of fused-ring (bicyclic) bond motifs is 1. The molecule has 1 aromatic heterocycles. The highest BCUT2D eigenvalue weighted by atomic mass is 16.4. The molecule has 28 heavy (non-hydrogen) atoms. The van der Waals surface area contributed by atoms with E-state index in [0.717, 1.165) is 39.7 Å². The van der Waals surface area contributed by atoms with Crippen LogP contribution in [-0.2, 0) is 4.79 Å². The Morgan fingerprint density at radius 3 is 2.57 bits per heavy atom. The topological polar surface area (TPSA) is 83.0 Å². The van der Waals surface area contributed by atoms with Crippen LogP contribution < -0.4 is 0 Å². The first-order valence-electron chi connectivity index (χ1n) is 9.04. The van der Waals surface area contributed by atoms with Gasteiger partial charge in [0.15, 0.2) is 0 Å². The summed E-state index contributed by atoms with van der Waals surface area (Å²) in [5.41, 5.74) is 3.88. The molecule has 0 bridgehead atoms. The molecule has 0 amide bonds. The maximum atomic E-state index is 11.4. The lowest BCUT2D eigenvalue weighted by molar-refractivity contribution is -0.132. The van der Waals surface area contributed by atoms with E-state index in [-0.39, 0.29) is 11.3 Å². The lowest BCUT2D eigenvalue weighted by Crippen LogP contribution is -2.06. The molecule has 0 spiro atoms. The van der Waals surface area contributed by atoms with Gasteiger partial charge >= 0.3 is 5.97 Å². The van der Waals surface area contributed by atoms with Crippen molar-refractivity contribution < 1.29 is 19.4 Å². The highest BCUT2D eigenvalue weighted by molar-refractivity contribution is 6.09. The van der Waals surface area contributed by atoms with Crippen LogP contribution in [0.2, 0.25) is 0 Å². The number of aliphatic hydroxyl groups excluding tert-OH is 1. The number of rotatable bonds is 8. The third kappa shape index (κ3) is 5.10. The number of furan rings is 1. The number of carboxylic acids is 1. The van der Waals surface area contributed by atoms with Gasteiger partial charge in [-0.2, -0.15) is 0 Å². The molecule has 0 atom stereocenters. The van der Waals surface area contributed by atoms with Gasteiger partial charge in [0.1, 0.15) is 16.9 Å². The Morgan fingerprint density at radius 2 is 1.89 bits per heavy atom. The molecule has 0 saturated heterocycles. The quantitative estimate of drug-likeness (QED) is 0.266. The van der Waals surface area contributed by atoms with Crippen molar-refractivity contribution in [2.75, 3.05) is 6.54 Å². The summed E-state index contributed by atoms with van der Waals surface area (Å²) < 4.78 is 5.42. The standard InChI is InChI=1S/C23H25NO4/c1-5-10-24-14-20(23(26)27)21(25)13-16(3)15(2)12-17(4)18-7-6-8-22-19(18)9-11-28-22/h6-9,11-14,25H,4-5,10H2,1-3H3,(H,26,27)/b15-12+,16-13+,21-20-,24-14?. The largest absolute Gasteiger partial charge is 0.507 e. The number of carbonyl (C=O) groups is 1. The van der Waals surface area contributed by atoms with Crippen LogP contribution in [0.3, 0.4) is 0 Å². The van der Waals surface area contributed by atoms with E-state index in [1.54, 1.807) is 13.2 Å². The molecule has 0 aliphatic rings. The van der Waals surface area contributed by atoms with Crippen LogP contribution in [0.15, 0.2) is 81.1 Å². The first kappa shape index (κ1) is 21.0. The number of carboxylic acid groups (broad SMARTS) is 1. The van der Waals surface area contributed by atoms with Gasteiger partial charge in [-0.05, 0) is 60.8 Å². The van der Waals surface area contributed by atoms with Crippen molar-refractivity contribution in [3.8, 4) is 0 Å². The molecule has 0 radical (unpaired) electrons. The molecule has 5 heteroatoms. The van der Waals surface area contributed by atoms with Gasteiger partial charge in [0, 0.05) is 18.1 Å². The Balaban J connectivity index is 2.32. The third-order valence-corrected chi connectivity index (χ3v) is 4.29. The van der Waals surface area contributed by atoms with Crippen LogP contribution in [0.1, 0.15) is 32.8 Å². The summed E-state index contributed by atoms with van der Waals surface area (Å²) in [6.07, 6.45) is 6.96. The number of aliphatic imine (C=N–C) groups is 1. The van der Waals surface area contributed by atoms with E-state index in [2.05, 4.69) is 11.6 Å². The number of benzene rings is 1. The predicted molar refractivity (Wildman–Crippen MR) is 114 cm³/mol. The highest BCUT2D eigenvalue weighted by Gasteiger charge is 2.11. The third-order valence-electron chi connectivity index (χ3n) is 4.29. The molecule has 0 unspecified atom stereocenters. The molecule has 1 aromatic carbocycles. The number of nitrogens with zero attached hydrogens (tertiary/aromatic N) is 1. The zero-order chi connectivity index (χ0) is 20.7. The Labute approximate surface area is 164 Å². The van der Waals surface area contributed by atoms with Crippen LogP contribution in [0.4, 0.5) is 0 Å². The van der Waals surface area contributed by atoms with Crippen LogP contribution >= 0.6 is 0 Å². The molecular formula is C23H25NO4. The van der Waals surface area contributed by atoms with Crippen molar-refractivity contribution in [2.45, 2.75) is 27.2 Å². The first-order valence-corrected chi connectivity index (χ1v) is 9.04. The van der Waals surface area contributed by atoms with Gasteiger partial charge in [-0.25, -0.2) is 4.79 Å². The Kier molecular flexibility index (Phi) is 7.15. The second-order valence-electron chi connectivity index (χ2n) is 6.46. The number of hydrogen-bond acceptors (Lipinski definition) is 4. The van der Waals surface area contributed by atoms with Crippen molar-refractivity contribution in [1.29, 1.82) is 0 Å². The first-order chi connectivity index (χ1) is 13.3. The molecule has 1 heterocycles. The zero-order valence-corrected chi connectivity index (χ0v) is 16.4. The molecule has 0 aliphatic heterocycles. The monoisotopic (exact) mass is 379 g/mol. The normalized spacial score (nSPS) is 13.8. The average molecular weight is 379 g/mol. The van der Waals surface area contributed by atoms with Crippen LogP contribution in [0.5, 0.6) is 0 Å². The van der Waals surface area contributed by atoms with Gasteiger partial charge in [-0.1, -0.05) is 31.7 Å². The molecule has 2 N–H and O–H groups in total. The summed E-state index contributed by atoms with van der Waals surface area (Å²) in [5, 5.41) is 20.5. The van der Waals surface area contributed by atoms with E-state index < -0.39 is 5.97 Å². The van der Waals surface area contributed by atoms with E-state index in [1.165, 1.54) is 12.3 Å². The zero-order valence-electron chi connectivity index (χ0n) is 16.4. The fourth-order valence-electron chi connectivity index (χ4n) is 2.64. The maximum absolute atomic E-state index is 11.4. The van der Waals surface area contributed by atoms with Crippen molar-refractivity contribution in [3.05, 3.63) is 77.3 Å². The molecule has 2 aromatic rings. The minimum atomic E-state index is -1.22. The predicted octanol–water partition coefficient (Wildman–Crippen LogP) is 5.72. The Bertz CT molecular complexity index is 1000. The van der Waals surface area contributed by atoms with Gasteiger partial charge in [0.2, 0.25) is 0 Å². The van der Waals surface area contributed by atoms with E-state index >= 15 is 0 Å². The molecule has 0 fully saturated rings. The van der Waals surface area contributed by atoms with Gasteiger partial charge in [-0.3, -0.25) is 4.99 Å². The van der Waals surface area contributed by atoms with E-state index in [1.807, 2.05) is 44.2 Å². The molecular weight excluding hydrogens is 354 g/mol. The van der Waals surface area contributed by atoms with Gasteiger partial charge in [-0.15, -0.1) is 0 Å². The molecule has 5 nitrogen and oxygen atoms in total. The fourth-order valence-corrected chi connectivity index (χ4v) is 2.64. The number of allylic oxidation sites excluding steroid dienone is 5. The molecule has 0 saturated carbocycles. The SMILES string of the molecule is C=C(/C=C(C)/C(C)=C/C(O)=C(\C=NCCC)C(=O)O)c1cccc2occc12. The molecule has 2 rings (SSSR count). The summed E-state index contributed by atoms with van der Waals surface area (Å²) in [4.78, 5) is 15.4. The van der Waals surface area contributed by atoms with E-state index in [9.17, 15) is 15.0 Å². The molecule has 146 valence electrons. The van der Waals surface area contributed by atoms with E-state index in [4.69, 9.17) is 4.42 Å². The minimum absolute atomic E-state index is 0.234. The van der Waals surface area contributed by atoms with Gasteiger partial charge in [0.05, 0.1) is 6.26 Å². The summed E-state index contributed by atoms with van der Waals surface area (Å²) in [7, 11) is 0. The summed E-state index contributed by atoms with van der Waals surface area (Å²) in [6, 6.07) is 7.66. The second-order valence-corrected chi connectivity index (χ2v) is 6.46. The number of aliphatic hydroxyl groups is 1. The minimum Gasteiger partial charge on any atom is -0.507 e. The smallest absolute Gasteiger partial charge is 0.341 e. The summed E-state index contributed by atoms with van der Waals surface area (Å²) >= 11 is 0. The van der Waals surface area contributed by atoms with Crippen molar-refractivity contribution >= 4 is 28.7 Å². The van der Waals surface area contributed by atoms with Crippen molar-refractivity contribution in [1.82, 2.24) is 0 Å². The van der Waals surface area contributed by atoms with Crippen LogP contribution in [0.25, 0.3) is 16.5 Å². The Hall–Kier alpha value is -3.34. The van der Waals surface area contributed by atoms with Crippen molar-refractivity contribution in [3.63, 3.8) is 0 Å². The van der Waals surface area contributed by atoms with Crippen LogP contribution in [-0.4, -0.2) is 28.9 Å². The van der Waals surface area contributed by atoms with Crippen molar-refractivity contribution in [2.24, 2.45) is 4.99 Å². The van der Waals surface area contributed by atoms with Gasteiger partial charge < -0.3 is 14.6 Å². The maximum Gasteiger partial charge on any atom is 0.341 e. The summed E-state index contributed by atoms with van der Waals surface area (Å²) in [6.45, 7) is 10.3. The molecule has 0 aliphatic carbocycles. The highest BCUT2D eigenvalue weighted by Crippen LogP contribution is 2.27.